The van der Waals surface area contributed by atoms with E-state index in [2.05, 4.69) is 33.5 Å². The Morgan fingerprint density at radius 2 is 1.78 bits per heavy atom. The highest BCUT2D eigenvalue weighted by molar-refractivity contribution is 9.10. The second-order valence-electron chi connectivity index (χ2n) is 6.18. The molecule has 27 heavy (non-hydrogen) atoms. The molecular weight excluding hydrogens is 408 g/mol. The van der Waals surface area contributed by atoms with Gasteiger partial charge in [0, 0.05) is 23.4 Å². The number of hydrogen-bond donors (Lipinski definition) is 2. The van der Waals surface area contributed by atoms with Crippen molar-refractivity contribution >= 4 is 39.1 Å². The van der Waals surface area contributed by atoms with E-state index in [0.29, 0.717) is 30.0 Å². The third-order valence-corrected chi connectivity index (χ3v) is 4.75. The molecule has 0 fully saturated rings. The van der Waals surface area contributed by atoms with Gasteiger partial charge < -0.3 is 15.4 Å². The number of ether oxygens (including phenoxy) is 1. The van der Waals surface area contributed by atoms with E-state index >= 15 is 0 Å². The van der Waals surface area contributed by atoms with Crippen molar-refractivity contribution in [3.8, 4) is 5.75 Å². The third-order valence-electron chi connectivity index (χ3n) is 4.13. The van der Waals surface area contributed by atoms with Gasteiger partial charge in [0.15, 0.2) is 0 Å². The quantitative estimate of drug-likeness (QED) is 0.538. The first kappa shape index (κ1) is 21.0. The predicted octanol–water partition coefficient (Wildman–Crippen LogP) is 5.54. The average molecular weight is 433 g/mol. The smallest absolute Gasteiger partial charge is 0.255 e. The molecule has 0 aliphatic carbocycles. The molecule has 0 heterocycles. The Bertz CT molecular complexity index is 821. The summed E-state index contributed by atoms with van der Waals surface area (Å²) in [7, 11) is 0. The predicted molar refractivity (Wildman–Crippen MR) is 113 cm³/mol. The molecule has 0 bridgehead atoms. The molecule has 0 aliphatic heterocycles. The highest BCUT2D eigenvalue weighted by Gasteiger charge is 2.13. The van der Waals surface area contributed by atoms with Crippen LogP contribution in [0.3, 0.4) is 0 Å². The topological polar surface area (TPSA) is 67.4 Å². The lowest BCUT2D eigenvalue weighted by Crippen LogP contribution is -2.15. The second-order valence-corrected chi connectivity index (χ2v) is 7.04. The fourth-order valence-electron chi connectivity index (χ4n) is 2.43. The summed E-state index contributed by atoms with van der Waals surface area (Å²) >= 11 is 3.46. The van der Waals surface area contributed by atoms with E-state index in [-0.39, 0.29) is 11.8 Å². The van der Waals surface area contributed by atoms with Crippen LogP contribution in [0.2, 0.25) is 0 Å². The first-order valence-corrected chi connectivity index (χ1v) is 9.88. The van der Waals surface area contributed by atoms with Crippen LogP contribution in [0.5, 0.6) is 5.75 Å². The minimum atomic E-state index is -0.224. The van der Waals surface area contributed by atoms with Gasteiger partial charge in [0.05, 0.1) is 11.1 Å². The molecule has 0 spiro atoms. The van der Waals surface area contributed by atoms with Crippen molar-refractivity contribution in [2.24, 2.45) is 0 Å². The van der Waals surface area contributed by atoms with Gasteiger partial charge in [0.25, 0.3) is 5.91 Å². The summed E-state index contributed by atoms with van der Waals surface area (Å²) in [5.74, 6) is 0.433. The summed E-state index contributed by atoms with van der Waals surface area (Å²) in [6.45, 7) is 6.41. The van der Waals surface area contributed by atoms with E-state index in [9.17, 15) is 9.59 Å². The second kappa shape index (κ2) is 10.1. The maximum absolute atomic E-state index is 12.6. The summed E-state index contributed by atoms with van der Waals surface area (Å²) in [5.41, 5.74) is 2.69. The lowest BCUT2D eigenvalue weighted by molar-refractivity contribution is -0.115. The molecule has 0 atom stereocenters. The molecule has 0 saturated carbocycles. The number of benzene rings is 2. The van der Waals surface area contributed by atoms with E-state index in [1.54, 1.807) is 31.2 Å². The Morgan fingerprint density at radius 3 is 2.41 bits per heavy atom. The van der Waals surface area contributed by atoms with Gasteiger partial charge >= 0.3 is 0 Å². The Hall–Kier alpha value is -2.34. The van der Waals surface area contributed by atoms with Gasteiger partial charge in [-0.05, 0) is 65.2 Å². The van der Waals surface area contributed by atoms with Gasteiger partial charge in [-0.1, -0.05) is 26.3 Å². The molecule has 2 aromatic rings. The van der Waals surface area contributed by atoms with Crippen LogP contribution >= 0.6 is 15.9 Å². The normalized spacial score (nSPS) is 10.4. The lowest BCUT2D eigenvalue weighted by atomic mass is 10.1. The standard InChI is InChI=1S/C21H25BrN2O3/c1-4-6-12-27-19-11-10-15(13-16(19)22)21(26)24-18-9-7-8-17(14(18)3)23-20(25)5-2/h7-11,13H,4-6,12H2,1-3H3,(H,23,25)(H,24,26). The zero-order valence-corrected chi connectivity index (χ0v) is 17.5. The maximum atomic E-state index is 12.6. The molecule has 2 amide bonds. The Kier molecular flexibility index (Phi) is 7.85. The van der Waals surface area contributed by atoms with Crippen molar-refractivity contribution in [1.29, 1.82) is 0 Å². The minimum absolute atomic E-state index is 0.0656. The fraction of sp³-hybridized carbons (Fsp3) is 0.333. The molecule has 0 radical (unpaired) electrons. The van der Waals surface area contributed by atoms with Gasteiger partial charge in [-0.15, -0.1) is 0 Å². The summed E-state index contributed by atoms with van der Waals surface area (Å²) in [6, 6.07) is 10.7. The van der Waals surface area contributed by atoms with Crippen molar-refractivity contribution < 1.29 is 14.3 Å². The molecule has 0 aromatic heterocycles. The van der Waals surface area contributed by atoms with Crippen LogP contribution < -0.4 is 15.4 Å². The van der Waals surface area contributed by atoms with Crippen LogP contribution in [0.25, 0.3) is 0 Å². The van der Waals surface area contributed by atoms with E-state index in [0.717, 1.165) is 28.6 Å². The minimum Gasteiger partial charge on any atom is -0.492 e. The van der Waals surface area contributed by atoms with E-state index in [1.807, 2.05) is 19.1 Å². The molecule has 5 nitrogen and oxygen atoms in total. The van der Waals surface area contributed by atoms with Gasteiger partial charge in [-0.3, -0.25) is 9.59 Å². The van der Waals surface area contributed by atoms with Crippen LogP contribution in [0.15, 0.2) is 40.9 Å². The molecule has 2 N–H and O–H groups in total. The molecular formula is C21H25BrN2O3. The van der Waals surface area contributed by atoms with Crippen LogP contribution in [0, 0.1) is 6.92 Å². The lowest BCUT2D eigenvalue weighted by Gasteiger charge is -2.14. The Labute approximate surface area is 168 Å². The SMILES string of the molecule is CCCCOc1ccc(C(=O)Nc2cccc(NC(=O)CC)c2C)cc1Br. The van der Waals surface area contributed by atoms with Crippen LogP contribution in [0.4, 0.5) is 11.4 Å². The van der Waals surface area contributed by atoms with E-state index in [4.69, 9.17) is 4.74 Å². The number of carbonyl (C=O) groups excluding carboxylic acids is 2. The van der Waals surface area contributed by atoms with Crippen molar-refractivity contribution in [3.05, 3.63) is 52.0 Å². The fourth-order valence-corrected chi connectivity index (χ4v) is 2.92. The Balaban J connectivity index is 2.12. The molecule has 0 unspecified atom stereocenters. The highest BCUT2D eigenvalue weighted by Crippen LogP contribution is 2.28. The number of amides is 2. The number of hydrogen-bond acceptors (Lipinski definition) is 3. The van der Waals surface area contributed by atoms with Gasteiger partial charge in [-0.25, -0.2) is 0 Å². The monoisotopic (exact) mass is 432 g/mol. The number of nitrogens with one attached hydrogen (secondary N) is 2. The van der Waals surface area contributed by atoms with Gasteiger partial charge in [-0.2, -0.15) is 0 Å². The van der Waals surface area contributed by atoms with Crippen molar-refractivity contribution in [2.45, 2.75) is 40.0 Å². The largest absolute Gasteiger partial charge is 0.492 e. The van der Waals surface area contributed by atoms with Crippen LogP contribution in [0.1, 0.15) is 49.0 Å². The van der Waals surface area contributed by atoms with Crippen molar-refractivity contribution in [1.82, 2.24) is 0 Å². The van der Waals surface area contributed by atoms with Gasteiger partial charge in [0.1, 0.15) is 5.75 Å². The van der Waals surface area contributed by atoms with E-state index < -0.39 is 0 Å². The number of anilines is 2. The van der Waals surface area contributed by atoms with E-state index in [1.165, 1.54) is 0 Å². The van der Waals surface area contributed by atoms with Crippen LogP contribution in [-0.4, -0.2) is 18.4 Å². The average Bonchev–Trinajstić information content (AvgIpc) is 2.66. The van der Waals surface area contributed by atoms with Crippen molar-refractivity contribution in [2.75, 3.05) is 17.2 Å². The molecule has 6 heteroatoms. The Morgan fingerprint density at radius 1 is 1.07 bits per heavy atom. The molecule has 2 aromatic carbocycles. The zero-order valence-electron chi connectivity index (χ0n) is 15.9. The summed E-state index contributed by atoms with van der Waals surface area (Å²) in [5, 5.41) is 5.75. The molecule has 144 valence electrons. The first-order chi connectivity index (χ1) is 13.0. The summed E-state index contributed by atoms with van der Waals surface area (Å²) in [4.78, 5) is 24.3. The third kappa shape index (κ3) is 5.82. The van der Waals surface area contributed by atoms with Crippen molar-refractivity contribution in [3.63, 3.8) is 0 Å². The number of halogens is 1. The summed E-state index contributed by atoms with van der Waals surface area (Å²) in [6.07, 6.45) is 2.45. The number of rotatable bonds is 8. The first-order valence-electron chi connectivity index (χ1n) is 9.09. The molecule has 0 aliphatic rings. The number of unbranched alkanes of at least 4 members (excludes halogenated alkanes) is 1. The summed E-state index contributed by atoms with van der Waals surface area (Å²) < 4.78 is 6.44. The number of carbonyl (C=O) groups is 2. The van der Waals surface area contributed by atoms with Gasteiger partial charge in [0.2, 0.25) is 5.91 Å². The maximum Gasteiger partial charge on any atom is 0.255 e. The zero-order chi connectivity index (χ0) is 19.8. The van der Waals surface area contributed by atoms with Crippen LogP contribution in [-0.2, 0) is 4.79 Å². The molecule has 0 saturated heterocycles. The molecule has 2 rings (SSSR count). The highest BCUT2D eigenvalue weighted by atomic mass is 79.9.